The molecule has 0 N–H and O–H groups in total. The van der Waals surface area contributed by atoms with Crippen molar-refractivity contribution in [3.8, 4) is 0 Å². The van der Waals surface area contributed by atoms with Crippen molar-refractivity contribution >= 4 is 22.2 Å². The summed E-state index contributed by atoms with van der Waals surface area (Å²) >= 11 is 0. The number of nitrogens with zero attached hydrogens (tertiary/aromatic N) is 3. The van der Waals surface area contributed by atoms with Crippen molar-refractivity contribution in [1.82, 2.24) is 14.3 Å². The highest BCUT2D eigenvalue weighted by atomic mass is 16.1. The second kappa shape index (κ2) is 4.81. The Kier molecular flexibility index (Phi) is 2.99. The summed E-state index contributed by atoms with van der Waals surface area (Å²) in [5.41, 5.74) is 1.38. The average molecular weight is 265 g/mol. The maximum atomic E-state index is 12.2. The summed E-state index contributed by atoms with van der Waals surface area (Å²) < 4.78 is 1.84. The topological polar surface area (TPSA) is 37.6 Å². The molecule has 0 bridgehead atoms. The largest absolute Gasteiger partial charge is 0.383 e. The Morgan fingerprint density at radius 2 is 2.05 bits per heavy atom. The van der Waals surface area contributed by atoms with Gasteiger partial charge in [-0.05, 0) is 11.5 Å². The van der Waals surface area contributed by atoms with Gasteiger partial charge < -0.3 is 4.90 Å². The fourth-order valence-electron chi connectivity index (χ4n) is 2.20. The summed E-state index contributed by atoms with van der Waals surface area (Å²) in [5.74, 6) is -0.0542. The highest BCUT2D eigenvalue weighted by Gasteiger charge is 2.11. The molecule has 2 heterocycles. The van der Waals surface area contributed by atoms with Gasteiger partial charge in [0.25, 0.3) is 0 Å². The normalized spacial score (nSPS) is 11.5. The number of imidazole rings is 1. The van der Waals surface area contributed by atoms with Gasteiger partial charge in [0, 0.05) is 38.0 Å². The molecule has 3 aromatic rings. The number of hydrogen-bond acceptors (Lipinski definition) is 3. The standard InChI is InChI=1S/C16H15N3O/c1-18(2)9-8-15(20)14-11-17-16-13-6-4-3-5-12(13)7-10-19(14)16/h3-11H,1-2H3/b9-8+. The fraction of sp³-hybridized carbons (Fsp3) is 0.125. The molecule has 3 rings (SSSR count). The lowest BCUT2D eigenvalue weighted by Crippen LogP contribution is -2.05. The molecule has 100 valence electrons. The van der Waals surface area contributed by atoms with E-state index in [4.69, 9.17) is 0 Å². The third-order valence-electron chi connectivity index (χ3n) is 3.18. The fourth-order valence-corrected chi connectivity index (χ4v) is 2.20. The summed E-state index contributed by atoms with van der Waals surface area (Å²) in [6.45, 7) is 0. The maximum Gasteiger partial charge on any atom is 0.205 e. The number of hydrogen-bond donors (Lipinski definition) is 0. The molecule has 0 fully saturated rings. The number of carbonyl (C=O) groups is 1. The van der Waals surface area contributed by atoms with E-state index in [1.807, 2.05) is 59.9 Å². The van der Waals surface area contributed by atoms with Crippen LogP contribution in [-0.2, 0) is 0 Å². The molecule has 4 heteroatoms. The summed E-state index contributed by atoms with van der Waals surface area (Å²) in [5, 5.41) is 2.17. The van der Waals surface area contributed by atoms with Crippen LogP contribution in [0.15, 0.2) is 55.0 Å². The van der Waals surface area contributed by atoms with Gasteiger partial charge in [0.1, 0.15) is 11.3 Å². The first kappa shape index (κ1) is 12.4. The molecule has 0 aliphatic heterocycles. The molecule has 0 aliphatic carbocycles. The van der Waals surface area contributed by atoms with E-state index in [9.17, 15) is 4.79 Å². The Labute approximate surface area is 117 Å². The van der Waals surface area contributed by atoms with E-state index in [-0.39, 0.29) is 5.78 Å². The quantitative estimate of drug-likeness (QED) is 0.540. The molecule has 0 saturated heterocycles. The van der Waals surface area contributed by atoms with E-state index in [0.717, 1.165) is 16.4 Å². The lowest BCUT2D eigenvalue weighted by Gasteiger charge is -2.04. The van der Waals surface area contributed by atoms with Crippen molar-refractivity contribution < 1.29 is 4.79 Å². The van der Waals surface area contributed by atoms with E-state index in [2.05, 4.69) is 4.98 Å². The number of rotatable bonds is 3. The summed E-state index contributed by atoms with van der Waals surface area (Å²) in [7, 11) is 3.76. The predicted molar refractivity (Wildman–Crippen MR) is 79.9 cm³/mol. The summed E-state index contributed by atoms with van der Waals surface area (Å²) in [6.07, 6.45) is 6.81. The van der Waals surface area contributed by atoms with Crippen LogP contribution in [0.25, 0.3) is 16.4 Å². The number of fused-ring (bicyclic) bond motifs is 3. The van der Waals surface area contributed by atoms with Crippen LogP contribution in [-0.4, -0.2) is 34.2 Å². The van der Waals surface area contributed by atoms with Crippen molar-refractivity contribution in [3.63, 3.8) is 0 Å². The molecule has 0 amide bonds. The van der Waals surface area contributed by atoms with E-state index in [1.165, 1.54) is 0 Å². The Morgan fingerprint density at radius 3 is 2.85 bits per heavy atom. The van der Waals surface area contributed by atoms with Crippen LogP contribution in [0.4, 0.5) is 0 Å². The zero-order chi connectivity index (χ0) is 14.1. The average Bonchev–Trinajstić information content (AvgIpc) is 2.89. The van der Waals surface area contributed by atoms with Crippen molar-refractivity contribution in [2.24, 2.45) is 0 Å². The first-order valence-corrected chi connectivity index (χ1v) is 6.40. The van der Waals surface area contributed by atoms with E-state index in [1.54, 1.807) is 18.5 Å². The number of benzene rings is 1. The van der Waals surface area contributed by atoms with Crippen molar-refractivity contribution in [3.05, 3.63) is 60.7 Å². The number of allylic oxidation sites excluding steroid dienone is 1. The van der Waals surface area contributed by atoms with Crippen LogP contribution < -0.4 is 0 Å². The van der Waals surface area contributed by atoms with Crippen LogP contribution in [0.1, 0.15) is 10.5 Å². The number of aromatic nitrogens is 2. The maximum absolute atomic E-state index is 12.2. The minimum Gasteiger partial charge on any atom is -0.383 e. The third-order valence-corrected chi connectivity index (χ3v) is 3.18. The molecular weight excluding hydrogens is 250 g/mol. The van der Waals surface area contributed by atoms with Crippen LogP contribution in [0, 0.1) is 0 Å². The Hall–Kier alpha value is -2.62. The SMILES string of the molecule is CN(C)/C=C/C(=O)c1cnc2c3ccccc3ccn12. The van der Waals surface area contributed by atoms with Gasteiger partial charge in [-0.3, -0.25) is 9.20 Å². The molecule has 0 saturated carbocycles. The molecule has 0 unspecified atom stereocenters. The number of pyridine rings is 1. The monoisotopic (exact) mass is 265 g/mol. The Bertz CT molecular complexity index is 815. The molecule has 0 aliphatic rings. The van der Waals surface area contributed by atoms with Gasteiger partial charge in [-0.2, -0.15) is 0 Å². The number of carbonyl (C=O) groups excluding carboxylic acids is 1. The van der Waals surface area contributed by atoms with Gasteiger partial charge in [0.2, 0.25) is 5.78 Å². The van der Waals surface area contributed by atoms with E-state index < -0.39 is 0 Å². The van der Waals surface area contributed by atoms with Crippen LogP contribution >= 0.6 is 0 Å². The molecule has 20 heavy (non-hydrogen) atoms. The van der Waals surface area contributed by atoms with Crippen LogP contribution in [0.2, 0.25) is 0 Å². The summed E-state index contributed by atoms with van der Waals surface area (Å²) in [4.78, 5) is 18.4. The molecule has 4 nitrogen and oxygen atoms in total. The minimum absolute atomic E-state index is 0.0542. The van der Waals surface area contributed by atoms with Crippen LogP contribution in [0.5, 0.6) is 0 Å². The number of ketones is 1. The summed E-state index contributed by atoms with van der Waals surface area (Å²) in [6, 6.07) is 10.0. The van der Waals surface area contributed by atoms with Gasteiger partial charge in [0.05, 0.1) is 6.20 Å². The minimum atomic E-state index is -0.0542. The Morgan fingerprint density at radius 1 is 1.25 bits per heavy atom. The highest BCUT2D eigenvalue weighted by molar-refractivity contribution is 6.05. The zero-order valence-electron chi connectivity index (χ0n) is 11.4. The molecule has 0 atom stereocenters. The van der Waals surface area contributed by atoms with Gasteiger partial charge in [-0.1, -0.05) is 24.3 Å². The third kappa shape index (κ3) is 2.05. The van der Waals surface area contributed by atoms with E-state index >= 15 is 0 Å². The lowest BCUT2D eigenvalue weighted by molar-refractivity contribution is 0.104. The van der Waals surface area contributed by atoms with Gasteiger partial charge in [0.15, 0.2) is 0 Å². The van der Waals surface area contributed by atoms with Crippen molar-refractivity contribution in [2.45, 2.75) is 0 Å². The van der Waals surface area contributed by atoms with Gasteiger partial charge in [-0.15, -0.1) is 0 Å². The molecule has 0 spiro atoms. The smallest absolute Gasteiger partial charge is 0.205 e. The molecule has 2 aromatic heterocycles. The van der Waals surface area contributed by atoms with E-state index in [0.29, 0.717) is 5.69 Å². The molecule has 0 radical (unpaired) electrons. The first-order valence-electron chi connectivity index (χ1n) is 6.40. The van der Waals surface area contributed by atoms with Crippen molar-refractivity contribution in [1.29, 1.82) is 0 Å². The zero-order valence-corrected chi connectivity index (χ0v) is 11.4. The second-order valence-corrected chi connectivity index (χ2v) is 4.88. The highest BCUT2D eigenvalue weighted by Crippen LogP contribution is 2.20. The predicted octanol–water partition coefficient (Wildman–Crippen LogP) is 2.75. The van der Waals surface area contributed by atoms with Gasteiger partial charge >= 0.3 is 0 Å². The molecule has 1 aromatic carbocycles. The molecular formula is C16H15N3O. The van der Waals surface area contributed by atoms with Crippen LogP contribution in [0.3, 0.4) is 0 Å². The Balaban J connectivity index is 2.15. The second-order valence-electron chi connectivity index (χ2n) is 4.88. The lowest BCUT2D eigenvalue weighted by atomic mass is 10.2. The van der Waals surface area contributed by atoms with Gasteiger partial charge in [-0.25, -0.2) is 4.98 Å². The van der Waals surface area contributed by atoms with Crippen molar-refractivity contribution in [2.75, 3.05) is 14.1 Å². The first-order chi connectivity index (χ1) is 9.66.